The fourth-order valence-electron chi connectivity index (χ4n) is 1.51. The van der Waals surface area contributed by atoms with Crippen LogP contribution in [0.1, 0.15) is 18.9 Å². The lowest BCUT2D eigenvalue weighted by molar-refractivity contribution is 0.352. The van der Waals surface area contributed by atoms with Crippen LogP contribution in [0, 0.1) is 0 Å². The predicted octanol–water partition coefficient (Wildman–Crippen LogP) is 2.24. The zero-order chi connectivity index (χ0) is 10.6. The lowest BCUT2D eigenvalue weighted by atomic mass is 10.1. The van der Waals surface area contributed by atoms with Crippen molar-refractivity contribution in [3.63, 3.8) is 0 Å². The number of anilines is 1. The van der Waals surface area contributed by atoms with Crippen molar-refractivity contribution in [2.24, 2.45) is 0 Å². The van der Waals surface area contributed by atoms with E-state index in [1.54, 1.807) is 14.2 Å². The molecule has 0 unspecified atom stereocenters. The molecular formula is C11H17NO2. The van der Waals surface area contributed by atoms with E-state index in [9.17, 15) is 0 Å². The number of ether oxygens (including phenoxy) is 2. The Bertz CT molecular complexity index is 310. The molecule has 0 saturated carbocycles. The molecule has 78 valence electrons. The van der Waals surface area contributed by atoms with Crippen LogP contribution >= 0.6 is 0 Å². The van der Waals surface area contributed by atoms with E-state index >= 15 is 0 Å². The van der Waals surface area contributed by atoms with Crippen molar-refractivity contribution < 1.29 is 9.47 Å². The van der Waals surface area contributed by atoms with Gasteiger partial charge in [0.05, 0.1) is 14.2 Å². The van der Waals surface area contributed by atoms with Crippen molar-refractivity contribution in [1.29, 1.82) is 0 Å². The summed E-state index contributed by atoms with van der Waals surface area (Å²) in [6.45, 7) is 2.11. The maximum Gasteiger partial charge on any atom is 0.165 e. The maximum absolute atomic E-state index is 5.87. The second kappa shape index (κ2) is 4.74. The molecule has 0 atom stereocenters. The zero-order valence-electron chi connectivity index (χ0n) is 8.96. The predicted molar refractivity (Wildman–Crippen MR) is 58.0 cm³/mol. The van der Waals surface area contributed by atoms with Gasteiger partial charge in [0.25, 0.3) is 0 Å². The molecule has 0 aromatic heterocycles. The minimum absolute atomic E-state index is 0.741. The van der Waals surface area contributed by atoms with Crippen molar-refractivity contribution in [2.45, 2.75) is 19.8 Å². The molecule has 0 spiro atoms. The summed E-state index contributed by atoms with van der Waals surface area (Å²) in [5.41, 5.74) is 7.68. The maximum atomic E-state index is 5.87. The van der Waals surface area contributed by atoms with Crippen molar-refractivity contribution in [3.8, 4) is 11.5 Å². The van der Waals surface area contributed by atoms with Gasteiger partial charge in [-0.1, -0.05) is 13.3 Å². The minimum atomic E-state index is 0.741. The summed E-state index contributed by atoms with van der Waals surface area (Å²) < 4.78 is 10.5. The summed E-state index contributed by atoms with van der Waals surface area (Å²) in [5.74, 6) is 1.50. The van der Waals surface area contributed by atoms with Gasteiger partial charge < -0.3 is 15.2 Å². The average molecular weight is 195 g/mol. The van der Waals surface area contributed by atoms with Crippen molar-refractivity contribution in [1.82, 2.24) is 0 Å². The number of methoxy groups -OCH3 is 2. The Balaban J connectivity index is 3.20. The summed E-state index contributed by atoms with van der Waals surface area (Å²) in [6.07, 6.45) is 1.94. The van der Waals surface area contributed by atoms with Gasteiger partial charge in [-0.05, 0) is 18.6 Å². The highest BCUT2D eigenvalue weighted by atomic mass is 16.5. The van der Waals surface area contributed by atoms with Crippen LogP contribution in [0.25, 0.3) is 0 Å². The van der Waals surface area contributed by atoms with Gasteiger partial charge in [0.15, 0.2) is 11.5 Å². The monoisotopic (exact) mass is 195 g/mol. The zero-order valence-corrected chi connectivity index (χ0v) is 8.96. The summed E-state index contributed by atoms with van der Waals surface area (Å²) in [5, 5.41) is 0. The molecule has 3 heteroatoms. The smallest absolute Gasteiger partial charge is 0.165 e. The van der Waals surface area contributed by atoms with Gasteiger partial charge in [-0.3, -0.25) is 0 Å². The topological polar surface area (TPSA) is 44.5 Å². The first-order valence-electron chi connectivity index (χ1n) is 4.73. The second-order valence-corrected chi connectivity index (χ2v) is 3.12. The van der Waals surface area contributed by atoms with Crippen LogP contribution in [0.3, 0.4) is 0 Å². The summed E-state index contributed by atoms with van der Waals surface area (Å²) in [4.78, 5) is 0. The Morgan fingerprint density at radius 2 is 1.93 bits per heavy atom. The summed E-state index contributed by atoms with van der Waals surface area (Å²) in [7, 11) is 3.26. The van der Waals surface area contributed by atoms with Crippen LogP contribution in [-0.2, 0) is 6.42 Å². The first kappa shape index (κ1) is 10.7. The standard InChI is InChI=1S/C11H17NO2/c1-4-5-8-9(12)6-7-10(13-2)11(8)14-3/h6-7H,4-5,12H2,1-3H3. The lowest BCUT2D eigenvalue weighted by Gasteiger charge is -2.14. The molecule has 1 rings (SSSR count). The molecule has 0 aliphatic heterocycles. The summed E-state index contributed by atoms with van der Waals surface area (Å²) >= 11 is 0. The molecule has 0 radical (unpaired) electrons. The Hall–Kier alpha value is -1.38. The van der Waals surface area contributed by atoms with Gasteiger partial charge in [-0.25, -0.2) is 0 Å². The van der Waals surface area contributed by atoms with E-state index in [2.05, 4.69) is 6.92 Å². The van der Waals surface area contributed by atoms with Crippen LogP contribution in [0.4, 0.5) is 5.69 Å². The van der Waals surface area contributed by atoms with E-state index in [1.807, 2.05) is 12.1 Å². The molecule has 0 aliphatic rings. The normalized spacial score (nSPS) is 9.93. The quantitative estimate of drug-likeness (QED) is 0.749. The molecule has 0 bridgehead atoms. The van der Waals surface area contributed by atoms with Crippen molar-refractivity contribution >= 4 is 5.69 Å². The Morgan fingerprint density at radius 1 is 1.21 bits per heavy atom. The number of nitrogen functional groups attached to an aromatic ring is 1. The largest absolute Gasteiger partial charge is 0.493 e. The molecule has 1 aromatic carbocycles. The van der Waals surface area contributed by atoms with Gasteiger partial charge in [0.1, 0.15) is 0 Å². The van der Waals surface area contributed by atoms with E-state index < -0.39 is 0 Å². The van der Waals surface area contributed by atoms with E-state index in [0.717, 1.165) is 35.6 Å². The third-order valence-corrected chi connectivity index (χ3v) is 2.18. The number of nitrogens with two attached hydrogens (primary N) is 1. The number of rotatable bonds is 4. The Kier molecular flexibility index (Phi) is 3.63. The Morgan fingerprint density at radius 3 is 2.43 bits per heavy atom. The van der Waals surface area contributed by atoms with Crippen molar-refractivity contribution in [3.05, 3.63) is 17.7 Å². The van der Waals surface area contributed by atoms with Crippen LogP contribution in [0.15, 0.2) is 12.1 Å². The SMILES string of the molecule is CCCc1c(N)ccc(OC)c1OC. The molecule has 14 heavy (non-hydrogen) atoms. The molecule has 1 aromatic rings. The summed E-state index contributed by atoms with van der Waals surface area (Å²) in [6, 6.07) is 3.68. The third-order valence-electron chi connectivity index (χ3n) is 2.18. The Labute approximate surface area is 84.8 Å². The van der Waals surface area contributed by atoms with E-state index in [4.69, 9.17) is 15.2 Å². The van der Waals surface area contributed by atoms with Crippen LogP contribution in [0.5, 0.6) is 11.5 Å². The average Bonchev–Trinajstić information content (AvgIpc) is 2.21. The molecule has 2 N–H and O–H groups in total. The lowest BCUT2D eigenvalue weighted by Crippen LogP contribution is -2.00. The number of hydrogen-bond donors (Lipinski definition) is 1. The molecular weight excluding hydrogens is 178 g/mol. The fourth-order valence-corrected chi connectivity index (χ4v) is 1.51. The van der Waals surface area contributed by atoms with Crippen LogP contribution in [-0.4, -0.2) is 14.2 Å². The molecule has 0 heterocycles. The van der Waals surface area contributed by atoms with E-state index in [1.165, 1.54) is 0 Å². The van der Waals surface area contributed by atoms with Gasteiger partial charge in [0.2, 0.25) is 0 Å². The molecule has 3 nitrogen and oxygen atoms in total. The fraction of sp³-hybridized carbons (Fsp3) is 0.455. The van der Waals surface area contributed by atoms with Gasteiger partial charge in [-0.2, -0.15) is 0 Å². The van der Waals surface area contributed by atoms with E-state index in [-0.39, 0.29) is 0 Å². The minimum Gasteiger partial charge on any atom is -0.493 e. The number of hydrogen-bond acceptors (Lipinski definition) is 3. The molecule has 0 fully saturated rings. The first-order chi connectivity index (χ1) is 6.74. The van der Waals surface area contributed by atoms with E-state index in [0.29, 0.717) is 0 Å². The molecule has 0 saturated heterocycles. The third kappa shape index (κ3) is 1.92. The van der Waals surface area contributed by atoms with Crippen LogP contribution in [0.2, 0.25) is 0 Å². The van der Waals surface area contributed by atoms with Crippen molar-refractivity contribution in [2.75, 3.05) is 20.0 Å². The van der Waals surface area contributed by atoms with Gasteiger partial charge in [0, 0.05) is 11.3 Å². The van der Waals surface area contributed by atoms with Crippen LogP contribution < -0.4 is 15.2 Å². The highest BCUT2D eigenvalue weighted by Gasteiger charge is 2.11. The second-order valence-electron chi connectivity index (χ2n) is 3.12. The van der Waals surface area contributed by atoms with Gasteiger partial charge in [-0.15, -0.1) is 0 Å². The first-order valence-corrected chi connectivity index (χ1v) is 4.73. The molecule has 0 amide bonds. The van der Waals surface area contributed by atoms with Gasteiger partial charge >= 0.3 is 0 Å². The highest BCUT2D eigenvalue weighted by molar-refractivity contribution is 5.60. The highest BCUT2D eigenvalue weighted by Crippen LogP contribution is 2.35. The molecule has 0 aliphatic carbocycles. The number of benzene rings is 1.